The second-order valence-electron chi connectivity index (χ2n) is 9.18. The topological polar surface area (TPSA) is 128 Å². The first-order valence-corrected chi connectivity index (χ1v) is 13.8. The van der Waals surface area contributed by atoms with Gasteiger partial charge in [0.05, 0.1) is 38.7 Å². The molecule has 1 atom stereocenters. The zero-order chi connectivity index (χ0) is 28.1. The normalized spacial score (nSPS) is 11.9. The number of thioether (sulfide) groups is 1. The summed E-state index contributed by atoms with van der Waals surface area (Å²) in [5, 5.41) is 2.53. The number of hydrogen-bond acceptors (Lipinski definition) is 10. The Labute approximate surface area is 236 Å². The van der Waals surface area contributed by atoms with E-state index in [9.17, 15) is 0 Å². The Morgan fingerprint density at radius 1 is 0.825 bits per heavy atom. The number of anilines is 1. The van der Waals surface area contributed by atoms with Crippen LogP contribution in [0.3, 0.4) is 0 Å². The van der Waals surface area contributed by atoms with E-state index in [4.69, 9.17) is 30.4 Å². The summed E-state index contributed by atoms with van der Waals surface area (Å²) in [5.41, 5.74) is 16.1. The van der Waals surface area contributed by atoms with Gasteiger partial charge in [-0.3, -0.25) is 9.97 Å². The zero-order valence-electron chi connectivity index (χ0n) is 22.6. The van der Waals surface area contributed by atoms with E-state index in [1.807, 2.05) is 36.4 Å². The fourth-order valence-corrected chi connectivity index (χ4v) is 5.29. The maximum absolute atomic E-state index is 6.37. The van der Waals surface area contributed by atoms with Crippen molar-refractivity contribution in [3.8, 4) is 34.3 Å². The molecule has 0 radical (unpaired) electrons. The molecule has 0 amide bonds. The summed E-state index contributed by atoms with van der Waals surface area (Å²) in [6.07, 6.45) is 5.13. The molecule has 4 N–H and O–H groups in total. The van der Waals surface area contributed by atoms with Crippen LogP contribution in [0.1, 0.15) is 5.56 Å². The van der Waals surface area contributed by atoms with Crippen LogP contribution >= 0.6 is 11.8 Å². The molecule has 3 heterocycles. The molecular weight excluding hydrogens is 526 g/mol. The Bertz CT molecular complexity index is 1630. The summed E-state index contributed by atoms with van der Waals surface area (Å²) in [6, 6.07) is 15.5. The molecular formula is C30H31N5O4S. The van der Waals surface area contributed by atoms with Gasteiger partial charge in [-0.05, 0) is 41.3 Å². The van der Waals surface area contributed by atoms with Crippen LogP contribution in [0.25, 0.3) is 32.9 Å². The van der Waals surface area contributed by atoms with Gasteiger partial charge in [0.15, 0.2) is 11.5 Å². The largest absolute Gasteiger partial charge is 0.497 e. The number of hydrogen-bond donors (Lipinski definition) is 2. The minimum absolute atomic E-state index is 0.132. The smallest absolute Gasteiger partial charge is 0.162 e. The molecule has 0 saturated carbocycles. The van der Waals surface area contributed by atoms with E-state index in [0.717, 1.165) is 44.5 Å². The Balaban J connectivity index is 1.30. The molecule has 0 saturated heterocycles. The number of nitrogens with zero attached hydrogens (tertiary/aromatic N) is 3. The van der Waals surface area contributed by atoms with Gasteiger partial charge in [-0.1, -0.05) is 12.1 Å². The molecule has 0 aliphatic rings. The molecule has 5 aromatic rings. The summed E-state index contributed by atoms with van der Waals surface area (Å²) in [5.74, 6) is 4.68. The van der Waals surface area contributed by atoms with E-state index >= 15 is 0 Å². The number of fused-ring (bicyclic) bond motifs is 3. The third kappa shape index (κ3) is 5.98. The summed E-state index contributed by atoms with van der Waals surface area (Å²) in [4.78, 5) is 13.5. The van der Waals surface area contributed by atoms with Crippen molar-refractivity contribution in [2.45, 2.75) is 11.8 Å². The minimum Gasteiger partial charge on any atom is -0.497 e. The summed E-state index contributed by atoms with van der Waals surface area (Å²) >= 11 is 1.76. The third-order valence-corrected chi connectivity index (χ3v) is 7.65. The monoisotopic (exact) mass is 557 g/mol. The van der Waals surface area contributed by atoms with E-state index in [0.29, 0.717) is 35.4 Å². The van der Waals surface area contributed by atoms with E-state index < -0.39 is 0 Å². The van der Waals surface area contributed by atoms with E-state index in [1.54, 1.807) is 51.7 Å². The molecule has 3 aromatic heterocycles. The highest BCUT2D eigenvalue weighted by Gasteiger charge is 2.14. The van der Waals surface area contributed by atoms with Crippen molar-refractivity contribution in [3.63, 3.8) is 0 Å². The molecule has 2 aromatic carbocycles. The van der Waals surface area contributed by atoms with Gasteiger partial charge in [0.25, 0.3) is 0 Å². The van der Waals surface area contributed by atoms with Gasteiger partial charge in [0.2, 0.25) is 0 Å². The van der Waals surface area contributed by atoms with Crippen LogP contribution in [0.5, 0.6) is 23.0 Å². The molecule has 0 aliphatic carbocycles. The molecule has 206 valence electrons. The number of aromatic nitrogens is 3. The fraction of sp³-hybridized carbons (Fsp3) is 0.233. The van der Waals surface area contributed by atoms with E-state index in [-0.39, 0.29) is 6.04 Å². The van der Waals surface area contributed by atoms with Crippen LogP contribution in [0.2, 0.25) is 0 Å². The summed E-state index contributed by atoms with van der Waals surface area (Å²) in [6.45, 7) is 0.367. The van der Waals surface area contributed by atoms with Crippen LogP contribution in [0.4, 0.5) is 5.82 Å². The number of pyridine rings is 3. The number of benzene rings is 2. The lowest BCUT2D eigenvalue weighted by atomic mass is 10.0. The van der Waals surface area contributed by atoms with Crippen molar-refractivity contribution in [2.75, 3.05) is 39.4 Å². The van der Waals surface area contributed by atoms with Gasteiger partial charge in [-0.2, -0.15) is 11.8 Å². The number of nitrogens with two attached hydrogens (primary N) is 2. The molecule has 5 rings (SSSR count). The number of nitrogen functional groups attached to an aromatic ring is 1. The predicted molar refractivity (Wildman–Crippen MR) is 160 cm³/mol. The average Bonchev–Trinajstić information content (AvgIpc) is 2.99. The molecule has 0 unspecified atom stereocenters. The number of methoxy groups -OCH3 is 3. The average molecular weight is 558 g/mol. The molecule has 9 nitrogen and oxygen atoms in total. The fourth-order valence-electron chi connectivity index (χ4n) is 4.35. The van der Waals surface area contributed by atoms with Crippen molar-refractivity contribution >= 4 is 39.3 Å². The number of rotatable bonds is 11. The van der Waals surface area contributed by atoms with Gasteiger partial charge in [0.1, 0.15) is 23.9 Å². The van der Waals surface area contributed by atoms with Gasteiger partial charge in [-0.15, -0.1) is 0 Å². The lowest BCUT2D eigenvalue weighted by Gasteiger charge is -2.14. The maximum atomic E-state index is 6.37. The highest BCUT2D eigenvalue weighted by molar-refractivity contribution is 7.98. The van der Waals surface area contributed by atoms with E-state index in [2.05, 4.69) is 27.1 Å². The van der Waals surface area contributed by atoms with Crippen molar-refractivity contribution in [3.05, 3.63) is 72.7 Å². The van der Waals surface area contributed by atoms with Crippen LogP contribution < -0.4 is 30.4 Å². The minimum atomic E-state index is -0.132. The van der Waals surface area contributed by atoms with Crippen molar-refractivity contribution in [2.24, 2.45) is 5.73 Å². The van der Waals surface area contributed by atoms with Crippen molar-refractivity contribution < 1.29 is 18.9 Å². The zero-order valence-corrected chi connectivity index (χ0v) is 23.4. The Kier molecular flexibility index (Phi) is 8.37. The van der Waals surface area contributed by atoms with Crippen molar-refractivity contribution in [1.29, 1.82) is 0 Å². The Morgan fingerprint density at radius 2 is 1.60 bits per heavy atom. The lowest BCUT2D eigenvalue weighted by Crippen LogP contribution is -2.30. The Hall–Kier alpha value is -4.28. The number of ether oxygens (including phenoxy) is 4. The van der Waals surface area contributed by atoms with Gasteiger partial charge < -0.3 is 30.4 Å². The van der Waals surface area contributed by atoms with Gasteiger partial charge in [-0.25, -0.2) is 4.98 Å². The predicted octanol–water partition coefficient (Wildman–Crippen LogP) is 5.09. The molecule has 0 aliphatic heterocycles. The van der Waals surface area contributed by atoms with Crippen LogP contribution in [0, 0.1) is 0 Å². The van der Waals surface area contributed by atoms with Crippen LogP contribution in [0.15, 0.2) is 67.1 Å². The maximum Gasteiger partial charge on any atom is 0.162 e. The molecule has 0 spiro atoms. The molecule has 10 heteroatoms. The Morgan fingerprint density at radius 3 is 2.35 bits per heavy atom. The SMILES string of the molecule is COc1ccc(CSC[C@H](N)COc2cncc(-c3cc4c(cnc5cc(OC)c(OC)cc54)c(N)n3)c2)cc1. The second-order valence-corrected chi connectivity index (χ2v) is 10.2. The van der Waals surface area contributed by atoms with E-state index in [1.165, 1.54) is 5.56 Å². The first kappa shape index (κ1) is 27.3. The standard InChI is InChI=1S/C30H31N5O4S/c1-36-21-6-4-18(5-7-21)16-40-17-20(31)15-39-22-8-19(12-33-13-22)26-9-23-24-10-28(37-2)29(38-3)11-27(24)34-14-25(23)30(32)35-26/h4-14,20H,15-17,31H2,1-3H3,(H2,32,35)/t20-/m1/s1. The molecule has 0 fully saturated rings. The van der Waals surface area contributed by atoms with Gasteiger partial charge >= 0.3 is 0 Å². The summed E-state index contributed by atoms with van der Waals surface area (Å²) in [7, 11) is 4.87. The first-order valence-electron chi connectivity index (χ1n) is 12.6. The quantitative estimate of drug-likeness (QED) is 0.212. The molecule has 40 heavy (non-hydrogen) atoms. The third-order valence-electron chi connectivity index (χ3n) is 6.45. The van der Waals surface area contributed by atoms with Crippen LogP contribution in [-0.4, -0.2) is 54.7 Å². The first-order chi connectivity index (χ1) is 19.5. The lowest BCUT2D eigenvalue weighted by molar-refractivity contribution is 0.297. The van der Waals surface area contributed by atoms with Crippen molar-refractivity contribution in [1.82, 2.24) is 15.0 Å². The highest BCUT2D eigenvalue weighted by Crippen LogP contribution is 2.37. The second kappa shape index (κ2) is 12.3. The highest BCUT2D eigenvalue weighted by atomic mass is 32.2. The van der Waals surface area contributed by atoms with Gasteiger partial charge in [0, 0.05) is 52.3 Å². The van der Waals surface area contributed by atoms with Crippen LogP contribution in [-0.2, 0) is 5.75 Å². The molecule has 0 bridgehead atoms. The summed E-state index contributed by atoms with van der Waals surface area (Å²) < 4.78 is 22.2.